The number of phenols is 1. The normalized spacial score (nSPS) is 23.2. The van der Waals surface area contributed by atoms with Crippen molar-refractivity contribution < 1.29 is 10.2 Å². The Hall–Kier alpha value is -1.28. The number of aliphatic hydroxyl groups is 1. The van der Waals surface area contributed by atoms with Gasteiger partial charge in [-0.05, 0) is 42.4 Å². The van der Waals surface area contributed by atoms with Crippen molar-refractivity contribution in [1.29, 1.82) is 0 Å². The van der Waals surface area contributed by atoms with Gasteiger partial charge in [0.05, 0.1) is 6.10 Å². The molecule has 0 heterocycles. The van der Waals surface area contributed by atoms with Crippen LogP contribution in [0.25, 0.3) is 0 Å². The summed E-state index contributed by atoms with van der Waals surface area (Å²) in [6, 6.07) is 7.33. The van der Waals surface area contributed by atoms with E-state index < -0.39 is 0 Å². The number of aromatic hydroxyl groups is 1. The third-order valence-electron chi connectivity index (χ3n) is 3.24. The van der Waals surface area contributed by atoms with Gasteiger partial charge in [0.15, 0.2) is 0 Å². The van der Waals surface area contributed by atoms with Crippen molar-refractivity contribution in [2.24, 2.45) is 5.41 Å². The van der Waals surface area contributed by atoms with Crippen LogP contribution in [0.4, 0.5) is 0 Å². The largest absolute Gasteiger partial charge is 0.508 e. The van der Waals surface area contributed by atoms with Crippen LogP contribution in [0, 0.1) is 5.41 Å². The van der Waals surface area contributed by atoms with E-state index in [9.17, 15) is 10.2 Å². The van der Waals surface area contributed by atoms with Gasteiger partial charge in [0.2, 0.25) is 0 Å². The quantitative estimate of drug-likeness (QED) is 0.769. The van der Waals surface area contributed by atoms with Gasteiger partial charge in [-0.15, -0.1) is 0 Å². The van der Waals surface area contributed by atoms with Crippen molar-refractivity contribution in [3.63, 3.8) is 0 Å². The van der Waals surface area contributed by atoms with E-state index in [0.717, 1.165) is 24.8 Å². The van der Waals surface area contributed by atoms with E-state index in [1.165, 1.54) is 5.57 Å². The third kappa shape index (κ3) is 3.34. The summed E-state index contributed by atoms with van der Waals surface area (Å²) in [7, 11) is 0. The van der Waals surface area contributed by atoms with E-state index in [1.807, 2.05) is 18.2 Å². The Bertz CT molecular complexity index is 432. The summed E-state index contributed by atoms with van der Waals surface area (Å²) < 4.78 is 0. The van der Waals surface area contributed by atoms with Gasteiger partial charge in [0.1, 0.15) is 5.75 Å². The fourth-order valence-electron chi connectivity index (χ4n) is 2.69. The number of benzene rings is 1. The summed E-state index contributed by atoms with van der Waals surface area (Å²) in [5, 5.41) is 19.3. The van der Waals surface area contributed by atoms with Crippen LogP contribution < -0.4 is 0 Å². The smallest absolute Gasteiger partial charge is 0.115 e. The first-order valence-corrected chi connectivity index (χ1v) is 6.10. The Kier molecular flexibility index (Phi) is 3.25. The first-order valence-electron chi connectivity index (χ1n) is 6.10. The SMILES string of the molecule is CC1(C)CC(Cc2cccc(O)c2)=CC(O)C1. The van der Waals surface area contributed by atoms with Gasteiger partial charge < -0.3 is 10.2 Å². The Labute approximate surface area is 103 Å². The first-order chi connectivity index (χ1) is 7.94. The average molecular weight is 232 g/mol. The molecule has 0 aromatic heterocycles. The number of allylic oxidation sites excluding steroid dienone is 1. The van der Waals surface area contributed by atoms with E-state index in [2.05, 4.69) is 13.8 Å². The molecule has 17 heavy (non-hydrogen) atoms. The summed E-state index contributed by atoms with van der Waals surface area (Å²) in [6.07, 6.45) is 4.30. The second-order valence-electron chi connectivity index (χ2n) is 5.78. The molecule has 2 nitrogen and oxygen atoms in total. The highest BCUT2D eigenvalue weighted by atomic mass is 16.3. The Morgan fingerprint density at radius 1 is 1.35 bits per heavy atom. The van der Waals surface area contributed by atoms with Crippen molar-refractivity contribution in [1.82, 2.24) is 0 Å². The molecule has 2 N–H and O–H groups in total. The van der Waals surface area contributed by atoms with Crippen LogP contribution in [-0.2, 0) is 6.42 Å². The summed E-state index contributed by atoms with van der Waals surface area (Å²) >= 11 is 0. The molecule has 0 radical (unpaired) electrons. The van der Waals surface area contributed by atoms with Crippen molar-refractivity contribution in [3.8, 4) is 5.75 Å². The molecule has 92 valence electrons. The molecule has 1 aromatic carbocycles. The highest BCUT2D eigenvalue weighted by Crippen LogP contribution is 2.36. The molecular formula is C15H20O2. The van der Waals surface area contributed by atoms with E-state index in [4.69, 9.17) is 0 Å². The highest BCUT2D eigenvalue weighted by Gasteiger charge is 2.27. The molecule has 2 heteroatoms. The molecule has 1 aliphatic rings. The third-order valence-corrected chi connectivity index (χ3v) is 3.24. The fourth-order valence-corrected chi connectivity index (χ4v) is 2.69. The molecule has 0 saturated heterocycles. The first kappa shape index (κ1) is 12.2. The van der Waals surface area contributed by atoms with Crippen molar-refractivity contribution in [3.05, 3.63) is 41.5 Å². The zero-order valence-electron chi connectivity index (χ0n) is 10.5. The molecule has 1 aromatic rings. The van der Waals surface area contributed by atoms with Gasteiger partial charge in [-0.3, -0.25) is 0 Å². The van der Waals surface area contributed by atoms with Crippen molar-refractivity contribution in [2.45, 2.75) is 39.2 Å². The van der Waals surface area contributed by atoms with E-state index in [-0.39, 0.29) is 11.5 Å². The van der Waals surface area contributed by atoms with Gasteiger partial charge in [0.25, 0.3) is 0 Å². The predicted molar refractivity (Wildman–Crippen MR) is 68.9 cm³/mol. The lowest BCUT2D eigenvalue weighted by Crippen LogP contribution is -2.25. The number of phenolic OH excluding ortho intramolecular Hbond substituents is 1. The van der Waals surface area contributed by atoms with Crippen LogP contribution in [0.1, 0.15) is 32.3 Å². The topological polar surface area (TPSA) is 40.5 Å². The molecule has 1 unspecified atom stereocenters. The van der Waals surface area contributed by atoms with Crippen LogP contribution in [0.15, 0.2) is 35.9 Å². The molecule has 0 aliphatic heterocycles. The number of hydrogen-bond donors (Lipinski definition) is 2. The zero-order valence-corrected chi connectivity index (χ0v) is 10.5. The average Bonchev–Trinajstić information content (AvgIpc) is 2.13. The van der Waals surface area contributed by atoms with Gasteiger partial charge in [-0.2, -0.15) is 0 Å². The van der Waals surface area contributed by atoms with Crippen LogP contribution in [0.3, 0.4) is 0 Å². The van der Waals surface area contributed by atoms with Gasteiger partial charge >= 0.3 is 0 Å². The minimum atomic E-state index is -0.328. The Morgan fingerprint density at radius 2 is 2.12 bits per heavy atom. The summed E-state index contributed by atoms with van der Waals surface area (Å²) in [5.41, 5.74) is 2.53. The monoisotopic (exact) mass is 232 g/mol. The van der Waals surface area contributed by atoms with Gasteiger partial charge in [-0.1, -0.05) is 37.6 Å². The maximum Gasteiger partial charge on any atom is 0.115 e. The fraction of sp³-hybridized carbons (Fsp3) is 0.467. The predicted octanol–water partition coefficient (Wildman–Crippen LogP) is 3.04. The summed E-state index contributed by atoms with van der Waals surface area (Å²) in [5.74, 6) is 0.304. The molecule has 0 amide bonds. The maximum atomic E-state index is 9.82. The van der Waals surface area contributed by atoms with E-state index in [0.29, 0.717) is 5.75 Å². The molecule has 2 rings (SSSR count). The number of rotatable bonds is 2. The highest BCUT2D eigenvalue weighted by molar-refractivity contribution is 5.31. The van der Waals surface area contributed by atoms with Crippen molar-refractivity contribution in [2.75, 3.05) is 0 Å². The minimum absolute atomic E-state index is 0.167. The molecule has 0 spiro atoms. The Morgan fingerprint density at radius 3 is 2.76 bits per heavy atom. The molecule has 1 atom stereocenters. The zero-order chi connectivity index (χ0) is 12.5. The lowest BCUT2D eigenvalue weighted by Gasteiger charge is -2.32. The standard InChI is InChI=1S/C15H20O2/c1-15(2)9-12(8-14(17)10-15)6-11-4-3-5-13(16)7-11/h3-5,7-8,14,16-17H,6,9-10H2,1-2H3. The molecule has 1 aliphatic carbocycles. The van der Waals surface area contributed by atoms with Gasteiger partial charge in [-0.25, -0.2) is 0 Å². The molecule has 0 bridgehead atoms. The maximum absolute atomic E-state index is 9.82. The van der Waals surface area contributed by atoms with E-state index >= 15 is 0 Å². The second-order valence-corrected chi connectivity index (χ2v) is 5.78. The molecule has 0 fully saturated rings. The summed E-state index contributed by atoms with van der Waals surface area (Å²) in [6.45, 7) is 4.37. The lowest BCUT2D eigenvalue weighted by molar-refractivity contribution is 0.138. The number of hydrogen-bond acceptors (Lipinski definition) is 2. The second kappa shape index (κ2) is 4.53. The van der Waals surface area contributed by atoms with Crippen LogP contribution >= 0.6 is 0 Å². The molecular weight excluding hydrogens is 212 g/mol. The number of aliphatic hydroxyl groups excluding tert-OH is 1. The van der Waals surface area contributed by atoms with Crippen LogP contribution in [0.2, 0.25) is 0 Å². The van der Waals surface area contributed by atoms with Gasteiger partial charge in [0, 0.05) is 0 Å². The summed E-state index contributed by atoms with van der Waals surface area (Å²) in [4.78, 5) is 0. The lowest BCUT2D eigenvalue weighted by atomic mass is 9.75. The Balaban J connectivity index is 2.14. The minimum Gasteiger partial charge on any atom is -0.508 e. The van der Waals surface area contributed by atoms with Crippen LogP contribution in [0.5, 0.6) is 5.75 Å². The van der Waals surface area contributed by atoms with E-state index in [1.54, 1.807) is 12.1 Å². The van der Waals surface area contributed by atoms with Crippen molar-refractivity contribution >= 4 is 0 Å². The van der Waals surface area contributed by atoms with Crippen LogP contribution in [-0.4, -0.2) is 16.3 Å². The molecule has 0 saturated carbocycles.